The number of nitrogens with zero attached hydrogens (tertiary/aromatic N) is 1. The predicted molar refractivity (Wildman–Crippen MR) is 73.8 cm³/mol. The molecule has 0 saturated carbocycles. The van der Waals surface area contributed by atoms with Gasteiger partial charge in [-0.3, -0.25) is 4.79 Å². The molecule has 0 fully saturated rings. The van der Waals surface area contributed by atoms with E-state index < -0.39 is 5.38 Å². The van der Waals surface area contributed by atoms with Crippen molar-refractivity contribution in [3.63, 3.8) is 0 Å². The van der Waals surface area contributed by atoms with Gasteiger partial charge in [0.15, 0.2) is 0 Å². The van der Waals surface area contributed by atoms with Crippen LogP contribution in [-0.2, 0) is 9.53 Å². The van der Waals surface area contributed by atoms with Gasteiger partial charge in [0.2, 0.25) is 5.91 Å². The van der Waals surface area contributed by atoms with Gasteiger partial charge in [-0.25, -0.2) is 0 Å². The molecule has 1 unspecified atom stereocenters. The summed E-state index contributed by atoms with van der Waals surface area (Å²) in [6.45, 7) is 6.31. The molecule has 100 valence electrons. The first kappa shape index (κ1) is 15.0. The Labute approximate surface area is 114 Å². The minimum absolute atomic E-state index is 0.0648. The number of carbonyl (C=O) groups excluding carboxylic acids is 1. The summed E-state index contributed by atoms with van der Waals surface area (Å²) in [7, 11) is 0. The lowest BCUT2D eigenvalue weighted by Gasteiger charge is -2.23. The van der Waals surface area contributed by atoms with E-state index in [1.807, 2.05) is 44.2 Å². The Morgan fingerprint density at radius 2 is 2.00 bits per heavy atom. The highest BCUT2D eigenvalue weighted by Crippen LogP contribution is 2.22. The SMILES string of the molecule is CCOCCN(CC)C(=O)C(Cl)c1ccccc1. The Hall–Kier alpha value is -1.06. The van der Waals surface area contributed by atoms with Crippen LogP contribution in [0.3, 0.4) is 0 Å². The zero-order valence-electron chi connectivity index (χ0n) is 10.9. The van der Waals surface area contributed by atoms with Crippen molar-refractivity contribution in [2.24, 2.45) is 0 Å². The van der Waals surface area contributed by atoms with Crippen LogP contribution in [0.1, 0.15) is 24.8 Å². The summed E-state index contributed by atoms with van der Waals surface area (Å²) in [6, 6.07) is 9.41. The summed E-state index contributed by atoms with van der Waals surface area (Å²) >= 11 is 6.21. The van der Waals surface area contributed by atoms with Crippen LogP contribution in [0.4, 0.5) is 0 Å². The summed E-state index contributed by atoms with van der Waals surface area (Å²) in [5.74, 6) is -0.0648. The summed E-state index contributed by atoms with van der Waals surface area (Å²) in [5, 5.41) is -0.618. The highest BCUT2D eigenvalue weighted by atomic mass is 35.5. The van der Waals surface area contributed by atoms with Crippen LogP contribution in [0.25, 0.3) is 0 Å². The number of ether oxygens (including phenoxy) is 1. The fourth-order valence-electron chi connectivity index (χ4n) is 1.67. The zero-order valence-corrected chi connectivity index (χ0v) is 11.7. The number of alkyl halides is 1. The van der Waals surface area contributed by atoms with Crippen LogP contribution in [0, 0.1) is 0 Å². The first-order valence-electron chi connectivity index (χ1n) is 6.26. The van der Waals surface area contributed by atoms with E-state index in [9.17, 15) is 4.79 Å². The highest BCUT2D eigenvalue weighted by molar-refractivity contribution is 6.30. The molecule has 0 aliphatic rings. The van der Waals surface area contributed by atoms with Gasteiger partial charge in [0.25, 0.3) is 0 Å². The van der Waals surface area contributed by atoms with E-state index in [2.05, 4.69) is 0 Å². The van der Waals surface area contributed by atoms with Crippen LogP contribution in [-0.4, -0.2) is 37.1 Å². The largest absolute Gasteiger partial charge is 0.380 e. The molecular formula is C14H20ClNO2. The first-order valence-corrected chi connectivity index (χ1v) is 6.69. The molecule has 0 aliphatic heterocycles. The Kier molecular flexibility index (Phi) is 6.76. The summed E-state index contributed by atoms with van der Waals surface area (Å²) in [6.07, 6.45) is 0. The Morgan fingerprint density at radius 3 is 2.56 bits per heavy atom. The van der Waals surface area contributed by atoms with Gasteiger partial charge in [-0.05, 0) is 19.4 Å². The van der Waals surface area contributed by atoms with Crippen molar-refractivity contribution in [3.05, 3.63) is 35.9 Å². The minimum Gasteiger partial charge on any atom is -0.380 e. The van der Waals surface area contributed by atoms with Crippen LogP contribution >= 0.6 is 11.6 Å². The van der Waals surface area contributed by atoms with Gasteiger partial charge in [0, 0.05) is 19.7 Å². The molecule has 18 heavy (non-hydrogen) atoms. The van der Waals surface area contributed by atoms with Crippen molar-refractivity contribution in [2.45, 2.75) is 19.2 Å². The fraction of sp³-hybridized carbons (Fsp3) is 0.500. The van der Waals surface area contributed by atoms with Gasteiger partial charge < -0.3 is 9.64 Å². The van der Waals surface area contributed by atoms with E-state index in [4.69, 9.17) is 16.3 Å². The fourth-order valence-corrected chi connectivity index (χ4v) is 1.95. The average molecular weight is 270 g/mol. The third-order valence-electron chi connectivity index (χ3n) is 2.71. The predicted octanol–water partition coefficient (Wildman–Crippen LogP) is 2.85. The number of halogens is 1. The molecular weight excluding hydrogens is 250 g/mol. The maximum absolute atomic E-state index is 12.2. The number of rotatable bonds is 7. The minimum atomic E-state index is -0.618. The molecule has 0 aromatic heterocycles. The van der Waals surface area contributed by atoms with Gasteiger partial charge in [0.1, 0.15) is 5.38 Å². The highest BCUT2D eigenvalue weighted by Gasteiger charge is 2.22. The number of benzene rings is 1. The van der Waals surface area contributed by atoms with Crippen molar-refractivity contribution in [1.82, 2.24) is 4.90 Å². The molecule has 1 atom stereocenters. The van der Waals surface area contributed by atoms with Crippen LogP contribution in [0.15, 0.2) is 30.3 Å². The normalized spacial score (nSPS) is 12.2. The van der Waals surface area contributed by atoms with E-state index in [-0.39, 0.29) is 5.91 Å². The lowest BCUT2D eigenvalue weighted by Crippen LogP contribution is -2.36. The zero-order chi connectivity index (χ0) is 13.4. The van der Waals surface area contributed by atoms with E-state index >= 15 is 0 Å². The van der Waals surface area contributed by atoms with Gasteiger partial charge in [-0.1, -0.05) is 30.3 Å². The quantitative estimate of drug-likeness (QED) is 0.563. The van der Waals surface area contributed by atoms with Crippen molar-refractivity contribution < 1.29 is 9.53 Å². The molecule has 0 aliphatic carbocycles. The van der Waals surface area contributed by atoms with E-state index in [0.717, 1.165) is 5.56 Å². The number of likely N-dealkylation sites (N-methyl/N-ethyl adjacent to an activating group) is 1. The number of amides is 1. The summed E-state index contributed by atoms with van der Waals surface area (Å²) < 4.78 is 5.26. The molecule has 0 saturated heterocycles. The van der Waals surface area contributed by atoms with E-state index in [1.54, 1.807) is 4.90 Å². The standard InChI is InChI=1S/C14H20ClNO2/c1-3-16(10-11-18-4-2)14(17)13(15)12-8-6-5-7-9-12/h5-9,13H,3-4,10-11H2,1-2H3. The molecule has 1 aromatic carbocycles. The molecule has 0 N–H and O–H groups in total. The van der Waals surface area contributed by atoms with Crippen LogP contribution in [0.2, 0.25) is 0 Å². The van der Waals surface area contributed by atoms with Gasteiger partial charge in [-0.15, -0.1) is 11.6 Å². The Bertz CT molecular complexity index is 356. The maximum Gasteiger partial charge on any atom is 0.245 e. The van der Waals surface area contributed by atoms with Crippen molar-refractivity contribution in [1.29, 1.82) is 0 Å². The van der Waals surface area contributed by atoms with E-state index in [1.165, 1.54) is 0 Å². The van der Waals surface area contributed by atoms with Crippen LogP contribution < -0.4 is 0 Å². The van der Waals surface area contributed by atoms with Gasteiger partial charge in [-0.2, -0.15) is 0 Å². The second-order valence-corrected chi connectivity index (χ2v) is 4.32. The second kappa shape index (κ2) is 8.11. The topological polar surface area (TPSA) is 29.5 Å². The van der Waals surface area contributed by atoms with Crippen LogP contribution in [0.5, 0.6) is 0 Å². The molecule has 1 rings (SSSR count). The van der Waals surface area contributed by atoms with Gasteiger partial charge in [0.05, 0.1) is 6.61 Å². The molecule has 4 heteroatoms. The lowest BCUT2D eigenvalue weighted by atomic mass is 10.1. The molecule has 3 nitrogen and oxygen atoms in total. The molecule has 1 amide bonds. The average Bonchev–Trinajstić information content (AvgIpc) is 2.43. The molecule has 0 bridgehead atoms. The third kappa shape index (κ3) is 4.31. The van der Waals surface area contributed by atoms with Gasteiger partial charge >= 0.3 is 0 Å². The van der Waals surface area contributed by atoms with Crippen molar-refractivity contribution >= 4 is 17.5 Å². The second-order valence-electron chi connectivity index (χ2n) is 3.89. The molecule has 0 spiro atoms. The van der Waals surface area contributed by atoms with Crippen molar-refractivity contribution in [3.8, 4) is 0 Å². The maximum atomic E-state index is 12.2. The molecule has 0 radical (unpaired) electrons. The monoisotopic (exact) mass is 269 g/mol. The number of hydrogen-bond donors (Lipinski definition) is 0. The molecule has 0 heterocycles. The Balaban J connectivity index is 2.60. The third-order valence-corrected chi connectivity index (χ3v) is 3.15. The Morgan fingerprint density at radius 1 is 1.33 bits per heavy atom. The lowest BCUT2D eigenvalue weighted by molar-refractivity contribution is -0.131. The van der Waals surface area contributed by atoms with E-state index in [0.29, 0.717) is 26.3 Å². The number of carbonyl (C=O) groups is 1. The number of hydrogen-bond acceptors (Lipinski definition) is 2. The molecule has 1 aromatic rings. The summed E-state index contributed by atoms with van der Waals surface area (Å²) in [4.78, 5) is 13.9. The smallest absolute Gasteiger partial charge is 0.245 e. The van der Waals surface area contributed by atoms with Crippen molar-refractivity contribution in [2.75, 3.05) is 26.3 Å². The summed E-state index contributed by atoms with van der Waals surface area (Å²) in [5.41, 5.74) is 0.832. The first-order chi connectivity index (χ1) is 8.70.